The lowest BCUT2D eigenvalue weighted by molar-refractivity contribution is 1.15. The van der Waals surface area contributed by atoms with E-state index in [1.54, 1.807) is 17.5 Å². The van der Waals surface area contributed by atoms with Gasteiger partial charge in [0.05, 0.1) is 10.2 Å². The van der Waals surface area contributed by atoms with Crippen LogP contribution in [-0.4, -0.2) is 9.97 Å². The first-order valence-corrected chi connectivity index (χ1v) is 5.34. The van der Waals surface area contributed by atoms with Crippen molar-refractivity contribution in [3.63, 3.8) is 0 Å². The third-order valence-corrected chi connectivity index (χ3v) is 2.72. The molecule has 13 heavy (non-hydrogen) atoms. The van der Waals surface area contributed by atoms with E-state index in [4.69, 9.17) is 0 Å². The molecule has 0 saturated heterocycles. The third-order valence-electron chi connectivity index (χ3n) is 1.45. The molecule has 0 radical (unpaired) electrons. The van der Waals surface area contributed by atoms with E-state index in [-0.39, 0.29) is 0 Å². The standard InChI is InChI=1S/C8H6BrN3S/c9-7-3-10-5-11-8(7)12-6-1-2-13-4-6/h1-5H,(H,10,11,12). The molecule has 2 heterocycles. The van der Waals surface area contributed by atoms with Gasteiger partial charge in [-0.2, -0.15) is 11.3 Å². The smallest absolute Gasteiger partial charge is 0.148 e. The Morgan fingerprint density at radius 1 is 1.46 bits per heavy atom. The summed E-state index contributed by atoms with van der Waals surface area (Å²) in [5, 5.41) is 7.20. The van der Waals surface area contributed by atoms with E-state index < -0.39 is 0 Å². The Hall–Kier alpha value is -0.940. The zero-order chi connectivity index (χ0) is 9.10. The second-order valence-corrected chi connectivity index (χ2v) is 3.99. The Morgan fingerprint density at radius 2 is 2.38 bits per heavy atom. The minimum atomic E-state index is 0.786. The monoisotopic (exact) mass is 255 g/mol. The molecule has 0 unspecified atom stereocenters. The Kier molecular flexibility index (Phi) is 2.56. The van der Waals surface area contributed by atoms with Gasteiger partial charge in [0, 0.05) is 11.6 Å². The first-order chi connectivity index (χ1) is 6.36. The van der Waals surface area contributed by atoms with Crippen molar-refractivity contribution in [1.29, 1.82) is 0 Å². The summed E-state index contributed by atoms with van der Waals surface area (Å²) in [5.74, 6) is 0.786. The molecule has 66 valence electrons. The second-order valence-electron chi connectivity index (χ2n) is 2.36. The second kappa shape index (κ2) is 3.85. The van der Waals surface area contributed by atoms with E-state index in [0.29, 0.717) is 0 Å². The van der Waals surface area contributed by atoms with Crippen LogP contribution in [0.3, 0.4) is 0 Å². The van der Waals surface area contributed by atoms with Crippen molar-refractivity contribution < 1.29 is 0 Å². The fraction of sp³-hybridized carbons (Fsp3) is 0. The van der Waals surface area contributed by atoms with E-state index >= 15 is 0 Å². The van der Waals surface area contributed by atoms with Crippen LogP contribution in [0.2, 0.25) is 0 Å². The van der Waals surface area contributed by atoms with Gasteiger partial charge in [0.25, 0.3) is 0 Å². The number of thiophene rings is 1. The molecule has 0 bridgehead atoms. The molecule has 0 saturated carbocycles. The van der Waals surface area contributed by atoms with Crippen molar-refractivity contribution in [3.05, 3.63) is 33.8 Å². The van der Waals surface area contributed by atoms with Crippen molar-refractivity contribution >= 4 is 38.8 Å². The Labute approximate surface area is 88.0 Å². The molecule has 2 rings (SSSR count). The normalized spacial score (nSPS) is 9.92. The predicted molar refractivity (Wildman–Crippen MR) is 57.3 cm³/mol. The summed E-state index contributed by atoms with van der Waals surface area (Å²) in [4.78, 5) is 7.97. The van der Waals surface area contributed by atoms with Gasteiger partial charge in [-0.3, -0.25) is 0 Å². The summed E-state index contributed by atoms with van der Waals surface area (Å²) in [6.45, 7) is 0. The maximum absolute atomic E-state index is 4.09. The van der Waals surface area contributed by atoms with E-state index in [0.717, 1.165) is 16.0 Å². The molecular formula is C8H6BrN3S. The summed E-state index contributed by atoms with van der Waals surface area (Å²) in [5.41, 5.74) is 1.05. The van der Waals surface area contributed by atoms with Gasteiger partial charge in [-0.1, -0.05) is 0 Å². The highest BCUT2D eigenvalue weighted by molar-refractivity contribution is 9.10. The van der Waals surface area contributed by atoms with Crippen LogP contribution in [0.25, 0.3) is 0 Å². The Balaban J connectivity index is 2.24. The van der Waals surface area contributed by atoms with Gasteiger partial charge in [-0.05, 0) is 27.4 Å². The quantitative estimate of drug-likeness (QED) is 0.897. The van der Waals surface area contributed by atoms with Crippen LogP contribution in [0.4, 0.5) is 11.5 Å². The molecule has 0 fully saturated rings. The molecule has 2 aromatic heterocycles. The molecule has 0 aliphatic heterocycles. The van der Waals surface area contributed by atoms with E-state index in [1.165, 1.54) is 6.33 Å². The topological polar surface area (TPSA) is 37.8 Å². The maximum atomic E-state index is 4.09. The van der Waals surface area contributed by atoms with Gasteiger partial charge in [-0.25, -0.2) is 9.97 Å². The lowest BCUT2D eigenvalue weighted by atomic mass is 10.5. The molecule has 0 spiro atoms. The van der Waals surface area contributed by atoms with E-state index in [9.17, 15) is 0 Å². The molecule has 0 amide bonds. The molecule has 0 atom stereocenters. The Morgan fingerprint density at radius 3 is 3.08 bits per heavy atom. The number of hydrogen-bond acceptors (Lipinski definition) is 4. The van der Waals surface area contributed by atoms with Gasteiger partial charge in [0.2, 0.25) is 0 Å². The lowest BCUT2D eigenvalue weighted by Gasteiger charge is -2.03. The number of aromatic nitrogens is 2. The van der Waals surface area contributed by atoms with Crippen molar-refractivity contribution in [1.82, 2.24) is 9.97 Å². The molecule has 0 aromatic carbocycles. The molecular weight excluding hydrogens is 250 g/mol. The molecule has 0 aliphatic carbocycles. The van der Waals surface area contributed by atoms with Crippen molar-refractivity contribution in [2.75, 3.05) is 5.32 Å². The average Bonchev–Trinajstić information content (AvgIpc) is 2.61. The number of rotatable bonds is 2. The summed E-state index contributed by atoms with van der Waals surface area (Å²) in [6, 6.07) is 2.00. The summed E-state index contributed by atoms with van der Waals surface area (Å²) < 4.78 is 0.862. The summed E-state index contributed by atoms with van der Waals surface area (Å²) >= 11 is 5.00. The lowest BCUT2D eigenvalue weighted by Crippen LogP contribution is -1.93. The largest absolute Gasteiger partial charge is 0.339 e. The Bertz CT molecular complexity index is 388. The van der Waals surface area contributed by atoms with Crippen LogP contribution < -0.4 is 5.32 Å². The van der Waals surface area contributed by atoms with E-state index in [2.05, 4.69) is 31.2 Å². The molecule has 5 heteroatoms. The predicted octanol–water partition coefficient (Wildman–Crippen LogP) is 3.04. The fourth-order valence-corrected chi connectivity index (χ4v) is 1.78. The molecule has 0 aliphatic rings. The average molecular weight is 256 g/mol. The maximum Gasteiger partial charge on any atom is 0.148 e. The molecule has 3 nitrogen and oxygen atoms in total. The number of nitrogens with one attached hydrogen (secondary N) is 1. The zero-order valence-electron chi connectivity index (χ0n) is 6.57. The number of nitrogens with zero attached hydrogens (tertiary/aromatic N) is 2. The number of halogens is 1. The van der Waals surface area contributed by atoms with Gasteiger partial charge < -0.3 is 5.32 Å². The highest BCUT2D eigenvalue weighted by atomic mass is 79.9. The van der Waals surface area contributed by atoms with Crippen LogP contribution in [-0.2, 0) is 0 Å². The number of hydrogen-bond donors (Lipinski definition) is 1. The van der Waals surface area contributed by atoms with Crippen molar-refractivity contribution in [2.45, 2.75) is 0 Å². The highest BCUT2D eigenvalue weighted by Gasteiger charge is 2.00. The highest BCUT2D eigenvalue weighted by Crippen LogP contribution is 2.23. The fourth-order valence-electron chi connectivity index (χ4n) is 0.877. The summed E-state index contributed by atoms with van der Waals surface area (Å²) in [7, 11) is 0. The molecule has 2 aromatic rings. The SMILES string of the molecule is Brc1cncnc1Nc1ccsc1. The molecule has 1 N–H and O–H groups in total. The van der Waals surface area contributed by atoms with Crippen molar-refractivity contribution in [3.8, 4) is 0 Å². The van der Waals surface area contributed by atoms with Crippen LogP contribution in [0.5, 0.6) is 0 Å². The third kappa shape index (κ3) is 2.05. The van der Waals surface area contributed by atoms with Gasteiger partial charge >= 0.3 is 0 Å². The van der Waals surface area contributed by atoms with E-state index in [1.807, 2.05) is 16.8 Å². The number of anilines is 2. The zero-order valence-corrected chi connectivity index (χ0v) is 8.97. The summed E-state index contributed by atoms with van der Waals surface area (Å²) in [6.07, 6.45) is 3.22. The van der Waals surface area contributed by atoms with Crippen molar-refractivity contribution in [2.24, 2.45) is 0 Å². The first kappa shape index (κ1) is 8.65. The minimum absolute atomic E-state index is 0.786. The van der Waals surface area contributed by atoms with Crippen LogP contribution in [0.15, 0.2) is 33.8 Å². The van der Waals surface area contributed by atoms with Crippen LogP contribution in [0, 0.1) is 0 Å². The van der Waals surface area contributed by atoms with Gasteiger partial charge in [0.15, 0.2) is 0 Å². The van der Waals surface area contributed by atoms with Crippen LogP contribution in [0.1, 0.15) is 0 Å². The van der Waals surface area contributed by atoms with Crippen LogP contribution >= 0.6 is 27.3 Å². The first-order valence-electron chi connectivity index (χ1n) is 3.61. The minimum Gasteiger partial charge on any atom is -0.339 e. The van der Waals surface area contributed by atoms with Gasteiger partial charge in [-0.15, -0.1) is 0 Å². The van der Waals surface area contributed by atoms with Gasteiger partial charge in [0.1, 0.15) is 12.1 Å².